The van der Waals surface area contributed by atoms with Gasteiger partial charge in [-0.2, -0.15) is 0 Å². The first kappa shape index (κ1) is 14.1. The SMILES string of the molecule is CC(C)C(Br)C1(Cl)CCCC(Cl)(Cl)C1=O. The Morgan fingerprint density at radius 1 is 1.27 bits per heavy atom. The van der Waals surface area contributed by atoms with Crippen LogP contribution in [0.2, 0.25) is 0 Å². The van der Waals surface area contributed by atoms with Crippen LogP contribution < -0.4 is 0 Å². The summed E-state index contributed by atoms with van der Waals surface area (Å²) in [7, 11) is 0. The van der Waals surface area contributed by atoms with Crippen LogP contribution in [0.3, 0.4) is 0 Å². The van der Waals surface area contributed by atoms with Crippen LogP contribution >= 0.6 is 50.7 Å². The number of halogens is 4. The van der Waals surface area contributed by atoms with Gasteiger partial charge >= 0.3 is 0 Å². The largest absolute Gasteiger partial charge is 0.294 e. The fourth-order valence-corrected chi connectivity index (χ4v) is 3.58. The van der Waals surface area contributed by atoms with Crippen molar-refractivity contribution in [2.45, 2.75) is 47.1 Å². The number of alkyl halides is 4. The Bertz CT molecular complexity index is 267. The third-order valence-electron chi connectivity index (χ3n) is 2.76. The molecule has 2 atom stereocenters. The minimum atomic E-state index is -1.32. The topological polar surface area (TPSA) is 17.1 Å². The summed E-state index contributed by atoms with van der Waals surface area (Å²) in [6, 6.07) is 0. The minimum absolute atomic E-state index is 0.101. The van der Waals surface area contributed by atoms with Crippen molar-refractivity contribution >= 4 is 56.5 Å². The lowest BCUT2D eigenvalue weighted by Crippen LogP contribution is -2.53. The van der Waals surface area contributed by atoms with Gasteiger partial charge < -0.3 is 0 Å². The summed E-state index contributed by atoms with van der Waals surface area (Å²) in [5, 5.41) is 0. The van der Waals surface area contributed by atoms with Crippen molar-refractivity contribution in [3.05, 3.63) is 0 Å². The van der Waals surface area contributed by atoms with E-state index in [1.165, 1.54) is 0 Å². The summed E-state index contributed by atoms with van der Waals surface area (Å²) in [6.07, 6.45) is 1.89. The van der Waals surface area contributed by atoms with E-state index >= 15 is 0 Å². The molecule has 0 aromatic carbocycles. The third-order valence-corrected chi connectivity index (χ3v) is 6.18. The Kier molecular flexibility index (Phi) is 4.43. The molecule has 0 heterocycles. The number of carbonyl (C=O) groups is 1. The van der Waals surface area contributed by atoms with Gasteiger partial charge in [0.1, 0.15) is 4.87 Å². The summed E-state index contributed by atoms with van der Waals surface area (Å²) >= 11 is 21.8. The highest BCUT2D eigenvalue weighted by atomic mass is 79.9. The maximum Gasteiger partial charge on any atom is 0.190 e. The summed E-state index contributed by atoms with van der Waals surface area (Å²) in [5.41, 5.74) is 0. The molecule has 0 N–H and O–H groups in total. The van der Waals surface area contributed by atoms with Crippen LogP contribution in [0.4, 0.5) is 0 Å². The summed E-state index contributed by atoms with van der Waals surface area (Å²) in [5.74, 6) is -0.00416. The molecule has 1 aliphatic rings. The van der Waals surface area contributed by atoms with Crippen molar-refractivity contribution in [1.29, 1.82) is 0 Å². The molecule has 5 heteroatoms. The second-order valence-corrected chi connectivity index (χ2v) is 7.54. The fourth-order valence-electron chi connectivity index (χ4n) is 1.89. The van der Waals surface area contributed by atoms with Crippen molar-refractivity contribution in [1.82, 2.24) is 0 Å². The Morgan fingerprint density at radius 3 is 2.27 bits per heavy atom. The second kappa shape index (κ2) is 4.72. The molecule has 0 amide bonds. The van der Waals surface area contributed by atoms with Gasteiger partial charge in [-0.05, 0) is 25.2 Å². The summed E-state index contributed by atoms with van der Waals surface area (Å²) in [4.78, 5) is 11.0. The number of Topliss-reactive ketones (excluding diaryl/α,β-unsaturated/α-hetero) is 1. The average molecular weight is 336 g/mol. The van der Waals surface area contributed by atoms with E-state index in [1.807, 2.05) is 13.8 Å². The smallest absolute Gasteiger partial charge is 0.190 e. The average Bonchev–Trinajstić information content (AvgIpc) is 2.12. The molecule has 0 saturated heterocycles. The molecular weight excluding hydrogens is 322 g/mol. The second-order valence-electron chi connectivity index (χ2n) is 4.40. The number of hydrogen-bond donors (Lipinski definition) is 0. The molecular formula is C10H14BrCl3O. The van der Waals surface area contributed by atoms with Crippen LogP contribution in [0.25, 0.3) is 0 Å². The number of rotatable bonds is 2. The van der Waals surface area contributed by atoms with Gasteiger partial charge in [-0.3, -0.25) is 4.79 Å². The lowest BCUT2D eigenvalue weighted by Gasteiger charge is -2.40. The first-order valence-electron chi connectivity index (χ1n) is 4.97. The molecule has 0 aromatic rings. The van der Waals surface area contributed by atoms with Gasteiger partial charge in [0.05, 0.1) is 0 Å². The number of carbonyl (C=O) groups excluding carboxylic acids is 1. The van der Waals surface area contributed by atoms with Gasteiger partial charge in [-0.1, -0.05) is 53.0 Å². The molecule has 15 heavy (non-hydrogen) atoms. The lowest BCUT2D eigenvalue weighted by molar-refractivity contribution is -0.124. The van der Waals surface area contributed by atoms with Crippen LogP contribution in [-0.4, -0.2) is 19.8 Å². The van der Waals surface area contributed by atoms with Gasteiger partial charge in [0, 0.05) is 4.83 Å². The van der Waals surface area contributed by atoms with E-state index in [1.54, 1.807) is 0 Å². The normalized spacial score (nSPS) is 33.1. The number of ketones is 1. The first-order valence-corrected chi connectivity index (χ1v) is 7.02. The molecule has 88 valence electrons. The predicted octanol–water partition coefficient (Wildman–Crippen LogP) is 4.31. The fraction of sp³-hybridized carbons (Fsp3) is 0.900. The zero-order valence-electron chi connectivity index (χ0n) is 8.70. The maximum atomic E-state index is 12.1. The zero-order chi connectivity index (χ0) is 11.9. The van der Waals surface area contributed by atoms with E-state index in [0.717, 1.165) is 6.42 Å². The molecule has 1 aliphatic carbocycles. The molecule has 0 radical (unpaired) electrons. The van der Waals surface area contributed by atoms with Gasteiger partial charge in [-0.25, -0.2) is 0 Å². The van der Waals surface area contributed by atoms with Crippen LogP contribution in [0.1, 0.15) is 33.1 Å². The molecule has 1 saturated carbocycles. The van der Waals surface area contributed by atoms with Gasteiger partial charge in [-0.15, -0.1) is 11.6 Å². The third kappa shape index (κ3) is 2.65. The summed E-state index contributed by atoms with van der Waals surface area (Å²) < 4.78 is -1.32. The highest BCUT2D eigenvalue weighted by Gasteiger charge is 2.54. The Hall–Kier alpha value is 1.02. The molecule has 2 unspecified atom stereocenters. The van der Waals surface area contributed by atoms with Gasteiger partial charge in [0.2, 0.25) is 0 Å². The zero-order valence-corrected chi connectivity index (χ0v) is 12.5. The Balaban J connectivity index is 2.97. The summed E-state index contributed by atoms with van der Waals surface area (Å²) in [6.45, 7) is 4.02. The van der Waals surface area contributed by atoms with E-state index < -0.39 is 9.21 Å². The van der Waals surface area contributed by atoms with E-state index in [4.69, 9.17) is 34.8 Å². The number of hydrogen-bond acceptors (Lipinski definition) is 1. The standard InChI is InChI=1S/C10H14BrCl3O/c1-6(2)7(11)9(12)4-3-5-10(13,14)8(9)15/h6-7H,3-5H2,1-2H3. The highest BCUT2D eigenvalue weighted by Crippen LogP contribution is 2.47. The molecule has 0 spiro atoms. The van der Waals surface area contributed by atoms with Crippen molar-refractivity contribution in [3.63, 3.8) is 0 Å². The quantitative estimate of drug-likeness (QED) is 0.687. The van der Waals surface area contributed by atoms with Crippen molar-refractivity contribution in [3.8, 4) is 0 Å². The van der Waals surface area contributed by atoms with E-state index in [-0.39, 0.29) is 16.5 Å². The van der Waals surface area contributed by atoms with E-state index in [9.17, 15) is 4.79 Å². The van der Waals surface area contributed by atoms with Crippen molar-refractivity contribution < 1.29 is 4.79 Å². The molecule has 1 rings (SSSR count). The van der Waals surface area contributed by atoms with Gasteiger partial charge in [0.15, 0.2) is 10.1 Å². The maximum absolute atomic E-state index is 12.1. The first-order chi connectivity index (χ1) is 6.72. The van der Waals surface area contributed by atoms with Crippen LogP contribution in [-0.2, 0) is 4.79 Å². The Morgan fingerprint density at radius 2 is 1.80 bits per heavy atom. The predicted molar refractivity (Wildman–Crippen MR) is 69.4 cm³/mol. The molecule has 1 fully saturated rings. The van der Waals surface area contributed by atoms with Crippen LogP contribution in [0, 0.1) is 5.92 Å². The van der Waals surface area contributed by atoms with Gasteiger partial charge in [0.25, 0.3) is 0 Å². The van der Waals surface area contributed by atoms with E-state index in [0.29, 0.717) is 12.8 Å². The Labute approximate surface area is 114 Å². The van der Waals surface area contributed by atoms with Crippen LogP contribution in [0.5, 0.6) is 0 Å². The molecule has 1 nitrogen and oxygen atoms in total. The monoisotopic (exact) mass is 334 g/mol. The molecule has 0 aliphatic heterocycles. The highest BCUT2D eigenvalue weighted by molar-refractivity contribution is 9.09. The van der Waals surface area contributed by atoms with Crippen molar-refractivity contribution in [2.24, 2.45) is 5.92 Å². The van der Waals surface area contributed by atoms with E-state index in [2.05, 4.69) is 15.9 Å². The molecule has 0 aromatic heterocycles. The van der Waals surface area contributed by atoms with Crippen LogP contribution in [0.15, 0.2) is 0 Å². The lowest BCUT2D eigenvalue weighted by atomic mass is 9.81. The molecule has 0 bridgehead atoms. The minimum Gasteiger partial charge on any atom is -0.294 e. The van der Waals surface area contributed by atoms with Crippen molar-refractivity contribution in [2.75, 3.05) is 0 Å².